The van der Waals surface area contributed by atoms with Crippen LogP contribution in [-0.2, 0) is 10.1 Å². The monoisotopic (exact) mass is 347 g/mol. The van der Waals surface area contributed by atoms with Crippen LogP contribution in [-0.4, -0.2) is 26.5 Å². The Morgan fingerprint density at radius 3 is 2.12 bits per heavy atom. The molecule has 0 aliphatic carbocycles. The van der Waals surface area contributed by atoms with E-state index in [1.54, 1.807) is 12.1 Å². The second-order valence-corrected chi connectivity index (χ2v) is 7.27. The van der Waals surface area contributed by atoms with Gasteiger partial charge in [0.25, 0.3) is 0 Å². The predicted octanol–water partition coefficient (Wildman–Crippen LogP) is 2.95. The third-order valence-corrected chi connectivity index (χ3v) is 4.07. The minimum atomic E-state index is -3.57. The van der Waals surface area contributed by atoms with Gasteiger partial charge in [0.15, 0.2) is 5.78 Å². The number of Topliss-reactive ketones (excluding diaryl/α,β-unsaturated/α-hetero) is 1. The van der Waals surface area contributed by atoms with Gasteiger partial charge in [0.05, 0.1) is 12.3 Å². The lowest BCUT2D eigenvalue weighted by molar-refractivity contribution is 0.0945. The molecule has 2 atom stereocenters. The molecule has 1 N–H and O–H groups in total. The zero-order chi connectivity index (χ0) is 17.7. The largest absolute Gasteiger partial charge is 0.383 e. The van der Waals surface area contributed by atoms with Crippen LogP contribution >= 0.6 is 0 Å². The number of nitrogens with one attached hydrogen (secondary N) is 1. The summed E-state index contributed by atoms with van der Waals surface area (Å²) in [7, 11) is -3.57. The van der Waals surface area contributed by atoms with Gasteiger partial charge in [-0.3, -0.25) is 4.79 Å². The predicted molar refractivity (Wildman–Crippen MR) is 93.7 cm³/mol. The molecule has 0 aliphatic rings. The van der Waals surface area contributed by atoms with Crippen molar-refractivity contribution in [2.45, 2.75) is 25.9 Å². The van der Waals surface area contributed by atoms with Gasteiger partial charge >= 0.3 is 10.1 Å². The second kappa shape index (κ2) is 7.59. The van der Waals surface area contributed by atoms with Crippen molar-refractivity contribution in [3.8, 4) is 5.75 Å². The average molecular weight is 347 g/mol. The lowest BCUT2D eigenvalue weighted by Crippen LogP contribution is -2.35. The molecule has 1 unspecified atom stereocenters. The fraction of sp³-hybridized carbons (Fsp3) is 0.278. The van der Waals surface area contributed by atoms with Crippen molar-refractivity contribution >= 4 is 15.9 Å². The van der Waals surface area contributed by atoms with Gasteiger partial charge in [-0.15, -0.1) is 0 Å². The summed E-state index contributed by atoms with van der Waals surface area (Å²) in [6.45, 7) is 3.81. The molecule has 5 nitrogen and oxygen atoms in total. The summed E-state index contributed by atoms with van der Waals surface area (Å²) in [5, 5.41) is 3.27. The van der Waals surface area contributed by atoms with Crippen LogP contribution in [0.3, 0.4) is 0 Å². The molecule has 0 bridgehead atoms. The maximum Gasteiger partial charge on any atom is 0.306 e. The third-order valence-electron chi connectivity index (χ3n) is 3.58. The van der Waals surface area contributed by atoms with E-state index in [9.17, 15) is 13.2 Å². The summed E-state index contributed by atoms with van der Waals surface area (Å²) < 4.78 is 26.9. The van der Waals surface area contributed by atoms with E-state index in [0.717, 1.165) is 11.8 Å². The summed E-state index contributed by atoms with van der Waals surface area (Å²) in [5.74, 6) is 0.121. The van der Waals surface area contributed by atoms with E-state index >= 15 is 0 Å². The van der Waals surface area contributed by atoms with Crippen LogP contribution in [0, 0.1) is 0 Å². The Kier molecular flexibility index (Phi) is 5.75. The molecule has 128 valence electrons. The maximum atomic E-state index is 12.5. The highest BCUT2D eigenvalue weighted by Crippen LogP contribution is 2.17. The fourth-order valence-corrected chi connectivity index (χ4v) is 2.85. The first-order chi connectivity index (χ1) is 11.3. The third kappa shape index (κ3) is 5.18. The molecule has 0 heterocycles. The molecule has 0 aromatic heterocycles. The molecule has 0 radical (unpaired) electrons. The Morgan fingerprint density at radius 2 is 1.58 bits per heavy atom. The quantitative estimate of drug-likeness (QED) is 0.616. The summed E-state index contributed by atoms with van der Waals surface area (Å²) >= 11 is 0. The van der Waals surface area contributed by atoms with E-state index in [1.807, 2.05) is 44.2 Å². The minimum absolute atomic E-state index is 0.0398. The summed E-state index contributed by atoms with van der Waals surface area (Å²) in [4.78, 5) is 12.5. The average Bonchev–Trinajstić information content (AvgIpc) is 2.54. The zero-order valence-electron chi connectivity index (χ0n) is 13.9. The molecule has 0 saturated carbocycles. The summed E-state index contributed by atoms with van der Waals surface area (Å²) in [6.07, 6.45) is 0.975. The molecular formula is C18H21NO4S. The Bertz CT molecular complexity index is 786. The molecule has 0 saturated heterocycles. The second-order valence-electron chi connectivity index (χ2n) is 5.70. The lowest BCUT2D eigenvalue weighted by Gasteiger charge is -2.19. The van der Waals surface area contributed by atoms with Gasteiger partial charge in [-0.1, -0.05) is 30.3 Å². The first kappa shape index (κ1) is 18.2. The smallest absolute Gasteiger partial charge is 0.306 e. The highest BCUT2D eigenvalue weighted by atomic mass is 32.2. The Balaban J connectivity index is 2.02. The van der Waals surface area contributed by atoms with Gasteiger partial charge < -0.3 is 9.50 Å². The van der Waals surface area contributed by atoms with Crippen molar-refractivity contribution in [1.29, 1.82) is 0 Å². The first-order valence-electron chi connectivity index (χ1n) is 7.61. The van der Waals surface area contributed by atoms with E-state index in [4.69, 9.17) is 4.18 Å². The molecule has 2 rings (SSSR count). The van der Waals surface area contributed by atoms with Crippen molar-refractivity contribution in [3.63, 3.8) is 0 Å². The number of rotatable bonds is 7. The van der Waals surface area contributed by atoms with Gasteiger partial charge in [-0.25, -0.2) is 0 Å². The molecular weight excluding hydrogens is 326 g/mol. The number of hydrogen-bond donors (Lipinski definition) is 1. The van der Waals surface area contributed by atoms with Gasteiger partial charge in [0.1, 0.15) is 5.75 Å². The molecule has 0 amide bonds. The maximum absolute atomic E-state index is 12.5. The van der Waals surface area contributed by atoms with Gasteiger partial charge in [0, 0.05) is 11.6 Å². The molecule has 0 aliphatic heterocycles. The van der Waals surface area contributed by atoms with Crippen LogP contribution in [0.1, 0.15) is 35.8 Å². The molecule has 2 aromatic carbocycles. The molecule has 0 spiro atoms. The van der Waals surface area contributed by atoms with Crippen LogP contribution in [0.5, 0.6) is 5.75 Å². The van der Waals surface area contributed by atoms with Gasteiger partial charge in [-0.05, 0) is 43.7 Å². The minimum Gasteiger partial charge on any atom is -0.383 e. The molecule has 0 fully saturated rings. The number of carbonyl (C=O) groups excluding carboxylic acids is 1. The van der Waals surface area contributed by atoms with E-state index in [0.29, 0.717) is 5.56 Å². The van der Waals surface area contributed by atoms with E-state index in [-0.39, 0.29) is 23.6 Å². The SMILES string of the molecule is CC(N[C@H](C)c1ccccc1)C(=O)c1ccc(OS(C)(=O)=O)cc1. The number of hydrogen-bond acceptors (Lipinski definition) is 5. The van der Waals surface area contributed by atoms with Gasteiger partial charge in [-0.2, -0.15) is 8.42 Å². The van der Waals surface area contributed by atoms with Crippen molar-refractivity contribution in [2.24, 2.45) is 0 Å². The standard InChI is InChI=1S/C18H21NO4S/c1-13(15-7-5-4-6-8-15)19-14(2)18(20)16-9-11-17(12-10-16)23-24(3,21)22/h4-14,19H,1-3H3/t13-,14?/m1/s1. The van der Waals surface area contributed by atoms with E-state index < -0.39 is 10.1 Å². The summed E-state index contributed by atoms with van der Waals surface area (Å²) in [6, 6.07) is 15.6. The Labute approximate surface area is 142 Å². The highest BCUT2D eigenvalue weighted by molar-refractivity contribution is 7.86. The van der Waals surface area contributed by atoms with Crippen LogP contribution in [0.25, 0.3) is 0 Å². The topological polar surface area (TPSA) is 72.5 Å². The van der Waals surface area contributed by atoms with Crippen molar-refractivity contribution in [2.75, 3.05) is 6.26 Å². The number of benzene rings is 2. The van der Waals surface area contributed by atoms with Crippen molar-refractivity contribution in [1.82, 2.24) is 5.32 Å². The number of carbonyl (C=O) groups is 1. The van der Waals surface area contributed by atoms with Crippen molar-refractivity contribution < 1.29 is 17.4 Å². The Morgan fingerprint density at radius 1 is 1.00 bits per heavy atom. The highest BCUT2D eigenvalue weighted by Gasteiger charge is 2.18. The van der Waals surface area contributed by atoms with Crippen LogP contribution in [0.2, 0.25) is 0 Å². The van der Waals surface area contributed by atoms with Crippen molar-refractivity contribution in [3.05, 3.63) is 65.7 Å². The van der Waals surface area contributed by atoms with Crippen LogP contribution in [0.4, 0.5) is 0 Å². The van der Waals surface area contributed by atoms with Gasteiger partial charge in [0.2, 0.25) is 0 Å². The Hall–Kier alpha value is -2.18. The fourth-order valence-electron chi connectivity index (χ4n) is 2.39. The summed E-state index contributed by atoms with van der Waals surface area (Å²) in [5.41, 5.74) is 1.60. The van der Waals surface area contributed by atoms with E-state index in [2.05, 4.69) is 5.32 Å². The van der Waals surface area contributed by atoms with Crippen LogP contribution in [0.15, 0.2) is 54.6 Å². The van der Waals surface area contributed by atoms with Crippen LogP contribution < -0.4 is 9.50 Å². The normalized spacial score (nSPS) is 14.0. The molecule has 2 aromatic rings. The lowest BCUT2D eigenvalue weighted by atomic mass is 10.0. The van der Waals surface area contributed by atoms with E-state index in [1.165, 1.54) is 12.1 Å². The molecule has 6 heteroatoms. The zero-order valence-corrected chi connectivity index (χ0v) is 14.7. The number of ketones is 1. The first-order valence-corrected chi connectivity index (χ1v) is 9.42. The molecule has 24 heavy (non-hydrogen) atoms.